The minimum Gasteiger partial charge on any atom is -0.464 e. The highest BCUT2D eigenvalue weighted by Gasteiger charge is 2.32. The van der Waals surface area contributed by atoms with E-state index in [0.717, 1.165) is 31.2 Å². The first-order valence-corrected chi connectivity index (χ1v) is 14.3. The number of ether oxygens (including phenoxy) is 1. The summed E-state index contributed by atoms with van der Waals surface area (Å²) in [5.41, 5.74) is 1.07. The van der Waals surface area contributed by atoms with Crippen molar-refractivity contribution in [2.75, 3.05) is 13.7 Å². The van der Waals surface area contributed by atoms with Crippen molar-refractivity contribution in [1.29, 1.82) is 0 Å². The molecular formula is C31H49N3O5. The van der Waals surface area contributed by atoms with Gasteiger partial charge in [-0.05, 0) is 50.5 Å². The molecule has 0 spiro atoms. The van der Waals surface area contributed by atoms with Gasteiger partial charge in [0.05, 0.1) is 6.61 Å². The van der Waals surface area contributed by atoms with Gasteiger partial charge < -0.3 is 20.7 Å². The number of esters is 1. The molecule has 0 radical (unpaired) electrons. The lowest BCUT2D eigenvalue weighted by molar-refractivity contribution is -0.148. The molecule has 4 atom stereocenters. The fourth-order valence-electron chi connectivity index (χ4n) is 4.59. The van der Waals surface area contributed by atoms with Crippen LogP contribution in [0.25, 0.3) is 0 Å². The Morgan fingerprint density at radius 3 is 2.13 bits per heavy atom. The maximum Gasteiger partial charge on any atom is 0.328 e. The zero-order valence-corrected chi connectivity index (χ0v) is 24.5. The molecule has 1 aromatic rings. The van der Waals surface area contributed by atoms with Crippen molar-refractivity contribution in [3.8, 4) is 0 Å². The molecule has 218 valence electrons. The summed E-state index contributed by atoms with van der Waals surface area (Å²) in [4.78, 5) is 52.2. The lowest BCUT2D eigenvalue weighted by Crippen LogP contribution is -2.54. The fraction of sp³-hybridized carbons (Fsp3) is 0.613. The van der Waals surface area contributed by atoms with E-state index >= 15 is 0 Å². The van der Waals surface area contributed by atoms with Crippen LogP contribution in [0.15, 0.2) is 43.0 Å². The predicted octanol–water partition coefficient (Wildman–Crippen LogP) is 4.33. The molecule has 0 saturated heterocycles. The summed E-state index contributed by atoms with van der Waals surface area (Å²) in [6.07, 6.45) is 6.75. The van der Waals surface area contributed by atoms with Crippen LogP contribution >= 0.6 is 0 Å². The summed E-state index contributed by atoms with van der Waals surface area (Å²) in [5, 5.41) is 8.36. The van der Waals surface area contributed by atoms with Crippen LogP contribution in [0.3, 0.4) is 0 Å². The minimum atomic E-state index is -1.03. The van der Waals surface area contributed by atoms with Gasteiger partial charge in [0.25, 0.3) is 0 Å². The Hall–Kier alpha value is -3.16. The number of unbranched alkanes of at least 4 members (excludes halogenated alkanes) is 2. The smallest absolute Gasteiger partial charge is 0.328 e. The van der Waals surface area contributed by atoms with Crippen LogP contribution in [0, 0.1) is 17.8 Å². The Bertz CT molecular complexity index is 903. The monoisotopic (exact) mass is 543 g/mol. The van der Waals surface area contributed by atoms with E-state index in [0.29, 0.717) is 19.3 Å². The number of carbonyl (C=O) groups excluding carboxylic acids is 4. The Kier molecular flexibility index (Phi) is 16.5. The second-order valence-electron chi connectivity index (χ2n) is 10.5. The van der Waals surface area contributed by atoms with Gasteiger partial charge in [-0.2, -0.15) is 0 Å². The maximum absolute atomic E-state index is 13.5. The highest BCUT2D eigenvalue weighted by molar-refractivity contribution is 5.91. The molecule has 8 heteroatoms. The van der Waals surface area contributed by atoms with Gasteiger partial charge in [0, 0.05) is 18.9 Å². The summed E-state index contributed by atoms with van der Waals surface area (Å²) in [6.45, 7) is 11.6. The molecule has 8 nitrogen and oxygen atoms in total. The third-order valence-electron chi connectivity index (χ3n) is 6.67. The third kappa shape index (κ3) is 13.0. The number of rotatable bonds is 19. The molecule has 0 aromatic heterocycles. The lowest BCUT2D eigenvalue weighted by Gasteiger charge is -2.27. The van der Waals surface area contributed by atoms with Crippen molar-refractivity contribution in [3.63, 3.8) is 0 Å². The number of benzene rings is 1. The molecule has 0 heterocycles. The molecule has 0 aliphatic rings. The number of carbonyl (C=O) groups is 4. The SMILES string of the molecule is C=CCC(CC(NC(=O)[C@H](CC(C)C)NC(=O)C(CCCCC)Cc1ccccc1)C(=O)OCC)C(=O)NC. The molecule has 1 rings (SSSR count). The molecule has 0 fully saturated rings. The van der Waals surface area contributed by atoms with Gasteiger partial charge >= 0.3 is 5.97 Å². The van der Waals surface area contributed by atoms with E-state index in [1.54, 1.807) is 13.0 Å². The standard InChI is InChI=1S/C31H49N3O5/c1-7-10-12-18-25(20-23-16-13-11-14-17-23)29(36)33-26(19-22(4)5)30(37)34-27(31(38)39-9-3)21-24(15-8-2)28(35)32-6/h8,11,13-14,16-17,22,24-27H,2,7,9-10,12,15,18-21H2,1,3-6H3,(H,32,35)(H,33,36)(H,34,37)/t24?,25?,26-,27?/m0/s1. The predicted molar refractivity (Wildman–Crippen MR) is 155 cm³/mol. The zero-order chi connectivity index (χ0) is 29.2. The normalized spacial score (nSPS) is 14.0. The van der Waals surface area contributed by atoms with Gasteiger partial charge in [0.2, 0.25) is 17.7 Å². The average Bonchev–Trinajstić information content (AvgIpc) is 2.91. The highest BCUT2D eigenvalue weighted by Crippen LogP contribution is 2.19. The third-order valence-corrected chi connectivity index (χ3v) is 6.67. The zero-order valence-electron chi connectivity index (χ0n) is 24.5. The quantitative estimate of drug-likeness (QED) is 0.137. The Morgan fingerprint density at radius 1 is 0.897 bits per heavy atom. The van der Waals surface area contributed by atoms with Crippen LogP contribution in [0.5, 0.6) is 0 Å². The molecule has 3 N–H and O–H groups in total. The lowest BCUT2D eigenvalue weighted by atomic mass is 9.92. The van der Waals surface area contributed by atoms with Crippen LogP contribution in [-0.2, 0) is 30.3 Å². The van der Waals surface area contributed by atoms with E-state index in [1.807, 2.05) is 44.2 Å². The summed E-state index contributed by atoms with van der Waals surface area (Å²) in [7, 11) is 1.52. The average molecular weight is 544 g/mol. The molecule has 39 heavy (non-hydrogen) atoms. The van der Waals surface area contributed by atoms with Gasteiger partial charge in [0.15, 0.2) is 0 Å². The molecule has 3 amide bonds. The van der Waals surface area contributed by atoms with Crippen LogP contribution in [0.2, 0.25) is 0 Å². The first-order chi connectivity index (χ1) is 18.7. The first kappa shape index (κ1) is 33.9. The van der Waals surface area contributed by atoms with E-state index in [2.05, 4.69) is 29.5 Å². The van der Waals surface area contributed by atoms with Gasteiger partial charge in [-0.25, -0.2) is 4.79 Å². The highest BCUT2D eigenvalue weighted by atomic mass is 16.5. The van der Waals surface area contributed by atoms with E-state index in [9.17, 15) is 19.2 Å². The van der Waals surface area contributed by atoms with E-state index in [1.165, 1.54) is 7.05 Å². The Balaban J connectivity index is 3.12. The molecular weight excluding hydrogens is 494 g/mol. The number of hydrogen-bond acceptors (Lipinski definition) is 5. The van der Waals surface area contributed by atoms with Crippen LogP contribution in [-0.4, -0.2) is 49.4 Å². The van der Waals surface area contributed by atoms with Crippen molar-refractivity contribution in [3.05, 3.63) is 48.6 Å². The summed E-state index contributed by atoms with van der Waals surface area (Å²) < 4.78 is 5.20. The minimum absolute atomic E-state index is 0.0618. The van der Waals surface area contributed by atoms with Gasteiger partial charge in [-0.15, -0.1) is 6.58 Å². The van der Waals surface area contributed by atoms with E-state index < -0.39 is 29.9 Å². The number of allylic oxidation sites excluding steroid dienone is 1. The van der Waals surface area contributed by atoms with Crippen LogP contribution in [0.1, 0.15) is 78.2 Å². The molecule has 0 aliphatic carbocycles. The molecule has 0 aliphatic heterocycles. The van der Waals surface area contributed by atoms with Gasteiger partial charge in [-0.3, -0.25) is 14.4 Å². The second kappa shape index (κ2) is 19.0. The van der Waals surface area contributed by atoms with Crippen molar-refractivity contribution >= 4 is 23.7 Å². The van der Waals surface area contributed by atoms with Gasteiger partial charge in [0.1, 0.15) is 12.1 Å². The van der Waals surface area contributed by atoms with Crippen LogP contribution < -0.4 is 16.0 Å². The number of nitrogens with one attached hydrogen (secondary N) is 3. The molecule has 3 unspecified atom stereocenters. The summed E-state index contributed by atoms with van der Waals surface area (Å²) >= 11 is 0. The van der Waals surface area contributed by atoms with Crippen molar-refractivity contribution < 1.29 is 23.9 Å². The van der Waals surface area contributed by atoms with Crippen molar-refractivity contribution in [2.45, 2.75) is 91.1 Å². The first-order valence-electron chi connectivity index (χ1n) is 14.3. The summed E-state index contributed by atoms with van der Waals surface area (Å²) in [5.74, 6) is -2.20. The summed E-state index contributed by atoms with van der Waals surface area (Å²) in [6, 6.07) is 8.02. The Morgan fingerprint density at radius 2 is 1.56 bits per heavy atom. The fourth-order valence-corrected chi connectivity index (χ4v) is 4.59. The number of amides is 3. The van der Waals surface area contributed by atoms with E-state index in [-0.39, 0.29) is 36.7 Å². The van der Waals surface area contributed by atoms with Crippen molar-refractivity contribution in [2.24, 2.45) is 17.8 Å². The molecule has 0 bridgehead atoms. The topological polar surface area (TPSA) is 114 Å². The Labute approximate surface area is 234 Å². The number of hydrogen-bond donors (Lipinski definition) is 3. The van der Waals surface area contributed by atoms with E-state index in [4.69, 9.17) is 4.74 Å². The molecule has 0 saturated carbocycles. The van der Waals surface area contributed by atoms with Crippen molar-refractivity contribution in [1.82, 2.24) is 16.0 Å². The van der Waals surface area contributed by atoms with Gasteiger partial charge in [-0.1, -0.05) is 76.4 Å². The second-order valence-corrected chi connectivity index (χ2v) is 10.5. The largest absolute Gasteiger partial charge is 0.464 e. The molecule has 1 aromatic carbocycles. The maximum atomic E-state index is 13.5. The van der Waals surface area contributed by atoms with Crippen LogP contribution in [0.4, 0.5) is 0 Å².